The topological polar surface area (TPSA) is 56.8 Å². The lowest BCUT2D eigenvalue weighted by Crippen LogP contribution is -2.38. The maximum atomic E-state index is 12.3. The minimum Gasteiger partial charge on any atom is -0.493 e. The molecule has 0 radical (unpaired) electrons. The summed E-state index contributed by atoms with van der Waals surface area (Å²) in [4.78, 5) is 12.3. The zero-order valence-electron chi connectivity index (χ0n) is 16.7. The largest absolute Gasteiger partial charge is 0.493 e. The maximum absolute atomic E-state index is 12.3. The summed E-state index contributed by atoms with van der Waals surface area (Å²) >= 11 is 0. The molecule has 0 aliphatic heterocycles. The van der Waals surface area contributed by atoms with Crippen LogP contribution in [0.5, 0.6) is 17.2 Å². The second kappa shape index (κ2) is 9.31. The SMILES string of the molecule is COc1ccccc1O[C@H](C)C(=O)NCCOc1ccccc1C(C)(C)C. The van der Waals surface area contributed by atoms with Crippen LogP contribution in [0.3, 0.4) is 0 Å². The van der Waals surface area contributed by atoms with E-state index in [1.807, 2.05) is 30.3 Å². The van der Waals surface area contributed by atoms with Crippen molar-refractivity contribution in [2.45, 2.75) is 39.2 Å². The molecule has 146 valence electrons. The van der Waals surface area contributed by atoms with E-state index >= 15 is 0 Å². The number of methoxy groups -OCH3 is 1. The molecule has 2 rings (SSSR count). The lowest BCUT2D eigenvalue weighted by molar-refractivity contribution is -0.127. The van der Waals surface area contributed by atoms with Gasteiger partial charge in [-0.3, -0.25) is 4.79 Å². The van der Waals surface area contributed by atoms with Gasteiger partial charge >= 0.3 is 0 Å². The van der Waals surface area contributed by atoms with Crippen LogP contribution in [0.4, 0.5) is 0 Å². The number of hydrogen-bond acceptors (Lipinski definition) is 4. The van der Waals surface area contributed by atoms with Gasteiger partial charge in [0.25, 0.3) is 5.91 Å². The van der Waals surface area contributed by atoms with Crippen molar-refractivity contribution in [2.24, 2.45) is 0 Å². The van der Waals surface area contributed by atoms with Crippen LogP contribution >= 0.6 is 0 Å². The molecule has 2 aromatic carbocycles. The average Bonchev–Trinajstić information content (AvgIpc) is 2.65. The third-order valence-corrected chi connectivity index (χ3v) is 4.10. The molecule has 0 aliphatic carbocycles. The highest BCUT2D eigenvalue weighted by Gasteiger charge is 2.19. The average molecular weight is 371 g/mol. The summed E-state index contributed by atoms with van der Waals surface area (Å²) in [5, 5.41) is 2.84. The molecule has 0 saturated carbocycles. The van der Waals surface area contributed by atoms with Gasteiger partial charge in [0.05, 0.1) is 13.7 Å². The highest BCUT2D eigenvalue weighted by atomic mass is 16.5. The number of rotatable bonds is 8. The Morgan fingerprint density at radius 1 is 1.00 bits per heavy atom. The Bertz CT molecular complexity index is 752. The molecule has 2 aromatic rings. The van der Waals surface area contributed by atoms with Crippen molar-refractivity contribution in [1.82, 2.24) is 5.32 Å². The van der Waals surface area contributed by atoms with E-state index in [4.69, 9.17) is 14.2 Å². The first-order chi connectivity index (χ1) is 12.8. The molecule has 0 aromatic heterocycles. The van der Waals surface area contributed by atoms with Crippen molar-refractivity contribution < 1.29 is 19.0 Å². The zero-order chi connectivity index (χ0) is 19.9. The van der Waals surface area contributed by atoms with E-state index in [9.17, 15) is 4.79 Å². The summed E-state index contributed by atoms with van der Waals surface area (Å²) in [5.41, 5.74) is 1.14. The summed E-state index contributed by atoms with van der Waals surface area (Å²) in [5.74, 6) is 1.78. The fourth-order valence-corrected chi connectivity index (χ4v) is 2.65. The Kier molecular flexibility index (Phi) is 7.11. The van der Waals surface area contributed by atoms with Crippen molar-refractivity contribution in [1.29, 1.82) is 0 Å². The second-order valence-electron chi connectivity index (χ2n) is 7.30. The number of benzene rings is 2. The third kappa shape index (κ3) is 5.91. The molecule has 1 N–H and O–H groups in total. The van der Waals surface area contributed by atoms with Crippen LogP contribution in [-0.2, 0) is 10.2 Å². The molecule has 0 bridgehead atoms. The van der Waals surface area contributed by atoms with Gasteiger partial charge < -0.3 is 19.5 Å². The van der Waals surface area contributed by atoms with Crippen molar-refractivity contribution in [3.63, 3.8) is 0 Å². The minimum atomic E-state index is -0.636. The van der Waals surface area contributed by atoms with Crippen LogP contribution in [0, 0.1) is 0 Å². The molecule has 0 saturated heterocycles. The molecule has 1 amide bonds. The molecule has 1 atom stereocenters. The van der Waals surface area contributed by atoms with E-state index in [-0.39, 0.29) is 11.3 Å². The summed E-state index contributed by atoms with van der Waals surface area (Å²) < 4.78 is 16.8. The Balaban J connectivity index is 1.83. The first kappa shape index (κ1) is 20.6. The molecule has 27 heavy (non-hydrogen) atoms. The third-order valence-electron chi connectivity index (χ3n) is 4.10. The number of nitrogens with one attached hydrogen (secondary N) is 1. The normalized spacial score (nSPS) is 12.2. The van der Waals surface area contributed by atoms with Gasteiger partial charge in [-0.05, 0) is 36.1 Å². The van der Waals surface area contributed by atoms with Gasteiger partial charge in [0, 0.05) is 0 Å². The van der Waals surface area contributed by atoms with Crippen molar-refractivity contribution in [3.05, 3.63) is 54.1 Å². The smallest absolute Gasteiger partial charge is 0.260 e. The molecule has 5 heteroatoms. The highest BCUT2D eigenvalue weighted by Crippen LogP contribution is 2.30. The molecule has 0 aliphatic rings. The number of hydrogen-bond donors (Lipinski definition) is 1. The summed E-state index contributed by atoms with van der Waals surface area (Å²) in [6.45, 7) is 8.93. The molecule has 0 heterocycles. The van der Waals surface area contributed by atoms with Crippen LogP contribution in [0.25, 0.3) is 0 Å². The molecule has 0 fully saturated rings. The van der Waals surface area contributed by atoms with Crippen LogP contribution in [0.15, 0.2) is 48.5 Å². The monoisotopic (exact) mass is 371 g/mol. The van der Waals surface area contributed by atoms with E-state index < -0.39 is 6.10 Å². The standard InChI is InChI=1S/C22H29NO4/c1-16(27-20-13-9-8-12-19(20)25-5)21(24)23-14-15-26-18-11-7-6-10-17(18)22(2,3)4/h6-13,16H,14-15H2,1-5H3,(H,23,24)/t16-/m1/s1. The number of carbonyl (C=O) groups is 1. The van der Waals surface area contributed by atoms with Gasteiger partial charge in [0.15, 0.2) is 17.6 Å². The fraction of sp³-hybridized carbons (Fsp3) is 0.409. The Morgan fingerprint density at radius 3 is 2.22 bits per heavy atom. The maximum Gasteiger partial charge on any atom is 0.260 e. The Hall–Kier alpha value is -2.69. The van der Waals surface area contributed by atoms with Crippen molar-refractivity contribution in [3.8, 4) is 17.2 Å². The Morgan fingerprint density at radius 2 is 1.59 bits per heavy atom. The molecule has 5 nitrogen and oxygen atoms in total. The number of para-hydroxylation sites is 3. The van der Waals surface area contributed by atoms with Crippen LogP contribution in [0.1, 0.15) is 33.3 Å². The molecule has 0 unspecified atom stereocenters. The van der Waals surface area contributed by atoms with E-state index in [0.717, 1.165) is 11.3 Å². The van der Waals surface area contributed by atoms with Gasteiger partial charge in [-0.1, -0.05) is 51.1 Å². The van der Waals surface area contributed by atoms with Crippen LogP contribution in [0.2, 0.25) is 0 Å². The van der Waals surface area contributed by atoms with Crippen molar-refractivity contribution >= 4 is 5.91 Å². The zero-order valence-corrected chi connectivity index (χ0v) is 16.7. The summed E-state index contributed by atoms with van der Waals surface area (Å²) in [7, 11) is 1.57. The molecular weight excluding hydrogens is 342 g/mol. The number of carbonyl (C=O) groups excluding carboxylic acids is 1. The first-order valence-electron chi connectivity index (χ1n) is 9.12. The van der Waals surface area contributed by atoms with Crippen molar-refractivity contribution in [2.75, 3.05) is 20.3 Å². The predicted octanol–water partition coefficient (Wildman–Crippen LogP) is 3.96. The highest BCUT2D eigenvalue weighted by molar-refractivity contribution is 5.80. The lowest BCUT2D eigenvalue weighted by Gasteiger charge is -2.22. The minimum absolute atomic E-state index is 0.00304. The van der Waals surface area contributed by atoms with Crippen LogP contribution in [-0.4, -0.2) is 32.3 Å². The molecular formula is C22H29NO4. The fourth-order valence-electron chi connectivity index (χ4n) is 2.65. The summed E-state index contributed by atoms with van der Waals surface area (Å²) in [6, 6.07) is 15.2. The lowest BCUT2D eigenvalue weighted by atomic mass is 9.86. The predicted molar refractivity (Wildman–Crippen MR) is 107 cm³/mol. The van der Waals surface area contributed by atoms with Gasteiger partial charge in [0.1, 0.15) is 12.4 Å². The Labute approximate surface area is 161 Å². The quantitative estimate of drug-likeness (QED) is 0.714. The second-order valence-corrected chi connectivity index (χ2v) is 7.30. The van der Waals surface area contributed by atoms with Gasteiger partial charge in [0.2, 0.25) is 0 Å². The van der Waals surface area contributed by atoms with Gasteiger partial charge in [-0.25, -0.2) is 0 Å². The first-order valence-corrected chi connectivity index (χ1v) is 9.12. The van der Waals surface area contributed by atoms with Crippen LogP contribution < -0.4 is 19.5 Å². The van der Waals surface area contributed by atoms with E-state index in [2.05, 4.69) is 32.2 Å². The molecule has 0 spiro atoms. The van der Waals surface area contributed by atoms with E-state index in [0.29, 0.717) is 24.7 Å². The van der Waals surface area contributed by atoms with E-state index in [1.165, 1.54) is 0 Å². The summed E-state index contributed by atoms with van der Waals surface area (Å²) in [6.07, 6.45) is -0.636. The number of amides is 1. The van der Waals surface area contributed by atoms with E-state index in [1.54, 1.807) is 26.2 Å². The van der Waals surface area contributed by atoms with Gasteiger partial charge in [-0.2, -0.15) is 0 Å². The number of ether oxygens (including phenoxy) is 3. The van der Waals surface area contributed by atoms with Gasteiger partial charge in [-0.15, -0.1) is 0 Å².